The molecule has 0 aromatic heterocycles. The summed E-state index contributed by atoms with van der Waals surface area (Å²) in [5.74, 6) is -0.364. The predicted octanol–water partition coefficient (Wildman–Crippen LogP) is 1.11. The summed E-state index contributed by atoms with van der Waals surface area (Å²) in [4.78, 5) is 11.3. The molecule has 1 unspecified atom stereocenters. The topological polar surface area (TPSA) is 81.7 Å². The van der Waals surface area contributed by atoms with Crippen molar-refractivity contribution >= 4 is 16.0 Å². The molecule has 0 spiro atoms. The molecule has 118 valence electrons. The molecular weight excluding hydrogens is 294 g/mol. The largest absolute Gasteiger partial charge is 0.469 e. The standard InChI is InChI=1S/C14H21NO5S/c1-11(8-9-19-2)15-21(17,18)13-6-4-12(5-7-13)10-14(16)20-3/h4-7,11,15H,8-10H2,1-3H3. The highest BCUT2D eigenvalue weighted by atomic mass is 32.2. The summed E-state index contributed by atoms with van der Waals surface area (Å²) in [6, 6.07) is 5.94. The van der Waals surface area contributed by atoms with Crippen LogP contribution in [0, 0.1) is 0 Å². The van der Waals surface area contributed by atoms with Crippen molar-refractivity contribution in [2.45, 2.75) is 30.7 Å². The Morgan fingerprint density at radius 3 is 2.38 bits per heavy atom. The predicted molar refractivity (Wildman–Crippen MR) is 78.4 cm³/mol. The lowest BCUT2D eigenvalue weighted by Gasteiger charge is -2.14. The Balaban J connectivity index is 2.73. The van der Waals surface area contributed by atoms with Gasteiger partial charge >= 0.3 is 5.97 Å². The quantitative estimate of drug-likeness (QED) is 0.727. The van der Waals surface area contributed by atoms with E-state index in [1.807, 2.05) is 0 Å². The third-order valence-corrected chi connectivity index (χ3v) is 4.53. The summed E-state index contributed by atoms with van der Waals surface area (Å²) in [5, 5.41) is 0. The van der Waals surface area contributed by atoms with Crippen LogP contribution in [0.15, 0.2) is 29.2 Å². The Morgan fingerprint density at radius 1 is 1.24 bits per heavy atom. The Labute approximate surface area is 125 Å². The minimum Gasteiger partial charge on any atom is -0.469 e. The number of esters is 1. The molecule has 0 saturated heterocycles. The van der Waals surface area contributed by atoms with Crippen molar-refractivity contribution in [1.29, 1.82) is 0 Å². The minimum atomic E-state index is -3.56. The van der Waals surface area contributed by atoms with E-state index in [0.29, 0.717) is 18.6 Å². The average molecular weight is 315 g/mol. The summed E-state index contributed by atoms with van der Waals surface area (Å²) >= 11 is 0. The molecule has 0 radical (unpaired) electrons. The van der Waals surface area contributed by atoms with Gasteiger partial charge in [-0.3, -0.25) is 4.79 Å². The Kier molecular flexibility index (Phi) is 6.80. The zero-order chi connectivity index (χ0) is 15.9. The maximum atomic E-state index is 12.2. The summed E-state index contributed by atoms with van der Waals surface area (Å²) in [7, 11) is -0.680. The molecule has 0 saturated carbocycles. The van der Waals surface area contributed by atoms with Crippen LogP contribution in [0.4, 0.5) is 0 Å². The van der Waals surface area contributed by atoms with Crippen LogP contribution >= 0.6 is 0 Å². The summed E-state index contributed by atoms with van der Waals surface area (Å²) in [6.07, 6.45) is 0.713. The van der Waals surface area contributed by atoms with Crippen LogP contribution in [-0.2, 0) is 30.7 Å². The molecule has 7 heteroatoms. The zero-order valence-corrected chi connectivity index (χ0v) is 13.3. The number of carbonyl (C=O) groups is 1. The number of sulfonamides is 1. The number of carbonyl (C=O) groups excluding carboxylic acids is 1. The summed E-state index contributed by atoms with van der Waals surface area (Å²) in [6.45, 7) is 2.27. The number of hydrogen-bond donors (Lipinski definition) is 1. The van der Waals surface area contributed by atoms with Gasteiger partial charge in [-0.1, -0.05) is 12.1 Å². The molecule has 1 N–H and O–H groups in total. The lowest BCUT2D eigenvalue weighted by Crippen LogP contribution is -2.33. The molecule has 6 nitrogen and oxygen atoms in total. The van der Waals surface area contributed by atoms with E-state index in [-0.39, 0.29) is 23.3 Å². The van der Waals surface area contributed by atoms with Gasteiger partial charge in [-0.2, -0.15) is 0 Å². The van der Waals surface area contributed by atoms with Gasteiger partial charge < -0.3 is 9.47 Å². The zero-order valence-electron chi connectivity index (χ0n) is 12.5. The second kappa shape index (κ2) is 8.11. The smallest absolute Gasteiger partial charge is 0.309 e. The summed E-state index contributed by atoms with van der Waals surface area (Å²) < 4.78 is 36.4. The first-order valence-corrected chi connectivity index (χ1v) is 8.04. The average Bonchev–Trinajstić information content (AvgIpc) is 2.45. The van der Waals surface area contributed by atoms with Crippen molar-refractivity contribution in [2.24, 2.45) is 0 Å². The second-order valence-corrected chi connectivity index (χ2v) is 6.41. The lowest BCUT2D eigenvalue weighted by atomic mass is 10.2. The third-order valence-electron chi connectivity index (χ3n) is 2.92. The number of ether oxygens (including phenoxy) is 2. The van der Waals surface area contributed by atoms with Gasteiger partial charge in [0.05, 0.1) is 18.4 Å². The van der Waals surface area contributed by atoms with Crippen molar-refractivity contribution in [2.75, 3.05) is 20.8 Å². The molecule has 1 rings (SSSR count). The molecule has 1 aromatic rings. The van der Waals surface area contributed by atoms with E-state index >= 15 is 0 Å². The van der Waals surface area contributed by atoms with Gasteiger partial charge in [0.2, 0.25) is 10.0 Å². The van der Waals surface area contributed by atoms with Crippen molar-refractivity contribution in [3.05, 3.63) is 29.8 Å². The first-order valence-electron chi connectivity index (χ1n) is 6.56. The fourth-order valence-corrected chi connectivity index (χ4v) is 2.99. The van der Waals surface area contributed by atoms with Gasteiger partial charge in [-0.25, -0.2) is 13.1 Å². The molecule has 0 amide bonds. The van der Waals surface area contributed by atoms with Crippen LogP contribution in [0.25, 0.3) is 0 Å². The molecule has 1 atom stereocenters. The van der Waals surface area contributed by atoms with Gasteiger partial charge in [0.25, 0.3) is 0 Å². The van der Waals surface area contributed by atoms with Gasteiger partial charge in [0.15, 0.2) is 0 Å². The molecule has 0 fully saturated rings. The Bertz CT molecular complexity index is 553. The van der Waals surface area contributed by atoms with E-state index in [9.17, 15) is 13.2 Å². The normalized spacial score (nSPS) is 12.9. The van der Waals surface area contributed by atoms with Gasteiger partial charge in [-0.15, -0.1) is 0 Å². The molecule has 1 aromatic carbocycles. The molecule has 0 aliphatic heterocycles. The lowest BCUT2D eigenvalue weighted by molar-refractivity contribution is -0.139. The van der Waals surface area contributed by atoms with Crippen LogP contribution in [0.5, 0.6) is 0 Å². The molecule has 0 heterocycles. The van der Waals surface area contributed by atoms with E-state index < -0.39 is 10.0 Å². The van der Waals surface area contributed by atoms with Crippen LogP contribution in [0.3, 0.4) is 0 Å². The monoisotopic (exact) mass is 315 g/mol. The Hall–Kier alpha value is -1.44. The SMILES string of the molecule is COCCC(C)NS(=O)(=O)c1ccc(CC(=O)OC)cc1. The van der Waals surface area contributed by atoms with Crippen molar-refractivity contribution in [3.63, 3.8) is 0 Å². The molecule has 0 aliphatic rings. The van der Waals surface area contributed by atoms with Crippen LogP contribution in [0.1, 0.15) is 18.9 Å². The fraction of sp³-hybridized carbons (Fsp3) is 0.500. The number of hydrogen-bond acceptors (Lipinski definition) is 5. The van der Waals surface area contributed by atoms with Crippen LogP contribution in [0.2, 0.25) is 0 Å². The first kappa shape index (κ1) is 17.6. The maximum Gasteiger partial charge on any atom is 0.309 e. The van der Waals surface area contributed by atoms with Gasteiger partial charge in [0.1, 0.15) is 0 Å². The van der Waals surface area contributed by atoms with Crippen molar-refractivity contribution in [1.82, 2.24) is 4.72 Å². The van der Waals surface area contributed by atoms with Gasteiger partial charge in [-0.05, 0) is 31.0 Å². The molecule has 0 aliphatic carbocycles. The van der Waals surface area contributed by atoms with Gasteiger partial charge in [0, 0.05) is 19.8 Å². The molecule has 21 heavy (non-hydrogen) atoms. The fourth-order valence-electron chi connectivity index (χ4n) is 1.71. The number of methoxy groups -OCH3 is 2. The highest BCUT2D eigenvalue weighted by Crippen LogP contribution is 2.12. The number of benzene rings is 1. The van der Waals surface area contributed by atoms with E-state index in [4.69, 9.17) is 4.74 Å². The third kappa shape index (κ3) is 5.82. The van der Waals surface area contributed by atoms with Crippen LogP contribution in [-0.4, -0.2) is 41.3 Å². The van der Waals surface area contributed by atoms with Crippen molar-refractivity contribution < 1.29 is 22.7 Å². The van der Waals surface area contributed by atoms with E-state index in [1.54, 1.807) is 26.2 Å². The minimum absolute atomic E-state index is 0.120. The number of rotatable bonds is 8. The van der Waals surface area contributed by atoms with E-state index in [1.165, 1.54) is 19.2 Å². The van der Waals surface area contributed by atoms with Crippen molar-refractivity contribution in [3.8, 4) is 0 Å². The number of nitrogens with one attached hydrogen (secondary N) is 1. The second-order valence-electron chi connectivity index (χ2n) is 4.70. The highest BCUT2D eigenvalue weighted by Gasteiger charge is 2.17. The molecular formula is C14H21NO5S. The van der Waals surface area contributed by atoms with E-state index in [0.717, 1.165) is 0 Å². The first-order chi connectivity index (χ1) is 9.89. The summed E-state index contributed by atoms with van der Waals surface area (Å²) in [5.41, 5.74) is 0.702. The Morgan fingerprint density at radius 2 is 1.86 bits per heavy atom. The highest BCUT2D eigenvalue weighted by molar-refractivity contribution is 7.89. The maximum absolute atomic E-state index is 12.2. The molecule has 0 bridgehead atoms. The van der Waals surface area contributed by atoms with E-state index in [2.05, 4.69) is 9.46 Å². The van der Waals surface area contributed by atoms with Crippen LogP contribution < -0.4 is 4.72 Å².